The molecule has 0 unspecified atom stereocenters. The number of carbonyl (C=O) groups excluding carboxylic acids is 1. The van der Waals surface area contributed by atoms with Crippen LogP contribution in [-0.4, -0.2) is 31.2 Å². The summed E-state index contributed by atoms with van der Waals surface area (Å²) in [5.74, 6) is -0.397. The van der Waals surface area contributed by atoms with E-state index in [1.165, 1.54) is 13.5 Å². The van der Waals surface area contributed by atoms with E-state index in [2.05, 4.69) is 9.88 Å². The Balaban J connectivity index is 2.17. The maximum atomic E-state index is 12.8. The number of pyridine rings is 1. The Hall–Kier alpha value is -2.82. The van der Waals surface area contributed by atoms with Gasteiger partial charge in [0.15, 0.2) is 0 Å². The summed E-state index contributed by atoms with van der Waals surface area (Å²) >= 11 is 0. The van der Waals surface area contributed by atoms with Crippen molar-refractivity contribution >= 4 is 33.3 Å². The average Bonchev–Trinajstić information content (AvgIpc) is 2.67. The third kappa shape index (κ3) is 2.55. The summed E-state index contributed by atoms with van der Waals surface area (Å²) in [6, 6.07) is 9.57. The van der Waals surface area contributed by atoms with Gasteiger partial charge in [-0.2, -0.15) is 0 Å². The second-order valence-electron chi connectivity index (χ2n) is 6.88. The molecular formula is C21H22N2O3. The van der Waals surface area contributed by atoms with E-state index in [1.807, 2.05) is 37.3 Å². The molecule has 0 aliphatic carbocycles. The first kappa shape index (κ1) is 16.6. The molecule has 1 N–H and O–H groups in total. The fraction of sp³-hybridized carbons (Fsp3) is 0.333. The van der Waals surface area contributed by atoms with Crippen LogP contribution in [0.1, 0.15) is 35.2 Å². The number of carbonyl (C=O) groups is 1. The molecular weight excluding hydrogens is 328 g/mol. The van der Waals surface area contributed by atoms with Crippen molar-refractivity contribution in [3.63, 3.8) is 0 Å². The molecule has 134 valence electrons. The summed E-state index contributed by atoms with van der Waals surface area (Å²) in [6.45, 7) is 3.76. The van der Waals surface area contributed by atoms with Gasteiger partial charge in [0.05, 0.1) is 23.7 Å². The van der Waals surface area contributed by atoms with E-state index in [9.17, 15) is 9.59 Å². The lowest BCUT2D eigenvalue weighted by Gasteiger charge is -2.31. The normalized spacial score (nSPS) is 14.8. The quantitative estimate of drug-likeness (QED) is 0.564. The number of benzene rings is 2. The molecule has 1 saturated heterocycles. The highest BCUT2D eigenvalue weighted by atomic mass is 16.5. The number of nitrogens with zero attached hydrogens (tertiary/aromatic N) is 1. The van der Waals surface area contributed by atoms with Gasteiger partial charge in [-0.05, 0) is 43.9 Å². The summed E-state index contributed by atoms with van der Waals surface area (Å²) in [4.78, 5) is 30.7. The summed E-state index contributed by atoms with van der Waals surface area (Å²) in [5.41, 5.74) is 2.80. The SMILES string of the molecule is COC(=O)c1c(N2CCCCC2)cc(C)c2c(=O)[nH]c3ccccc3c12. The number of aromatic nitrogens is 1. The van der Waals surface area contributed by atoms with Gasteiger partial charge in [0, 0.05) is 29.4 Å². The number of aryl methyl sites for hydroxylation is 1. The van der Waals surface area contributed by atoms with Gasteiger partial charge in [-0.25, -0.2) is 4.79 Å². The number of nitrogens with one attached hydrogen (secondary N) is 1. The minimum atomic E-state index is -0.397. The number of methoxy groups -OCH3 is 1. The Morgan fingerprint density at radius 3 is 2.58 bits per heavy atom. The van der Waals surface area contributed by atoms with Crippen LogP contribution in [0, 0.1) is 6.92 Å². The highest BCUT2D eigenvalue weighted by Gasteiger charge is 2.25. The molecule has 0 amide bonds. The summed E-state index contributed by atoms with van der Waals surface area (Å²) in [6.07, 6.45) is 3.42. The number of H-pyrrole nitrogens is 1. The summed E-state index contributed by atoms with van der Waals surface area (Å²) in [7, 11) is 1.39. The Morgan fingerprint density at radius 1 is 1.12 bits per heavy atom. The van der Waals surface area contributed by atoms with Crippen molar-refractivity contribution in [1.82, 2.24) is 4.98 Å². The van der Waals surface area contributed by atoms with Crippen molar-refractivity contribution in [3.05, 3.63) is 51.8 Å². The highest BCUT2D eigenvalue weighted by Crippen LogP contribution is 2.35. The Labute approximate surface area is 151 Å². The van der Waals surface area contributed by atoms with Crippen LogP contribution in [0.15, 0.2) is 35.1 Å². The zero-order valence-corrected chi connectivity index (χ0v) is 15.1. The van der Waals surface area contributed by atoms with Gasteiger partial charge in [-0.1, -0.05) is 18.2 Å². The first-order valence-corrected chi connectivity index (χ1v) is 9.03. The van der Waals surface area contributed by atoms with Crippen LogP contribution in [0.2, 0.25) is 0 Å². The van der Waals surface area contributed by atoms with Gasteiger partial charge in [-0.15, -0.1) is 0 Å². The maximum Gasteiger partial charge on any atom is 0.340 e. The number of ether oxygens (including phenoxy) is 1. The van der Waals surface area contributed by atoms with E-state index in [0.717, 1.165) is 48.1 Å². The number of fused-ring (bicyclic) bond motifs is 3. The van der Waals surface area contributed by atoms with Gasteiger partial charge < -0.3 is 14.6 Å². The Morgan fingerprint density at radius 2 is 1.85 bits per heavy atom. The van der Waals surface area contributed by atoms with E-state index in [0.29, 0.717) is 16.3 Å². The second kappa shape index (κ2) is 6.48. The van der Waals surface area contributed by atoms with Crippen molar-refractivity contribution in [3.8, 4) is 0 Å². The molecule has 4 rings (SSSR count). The topological polar surface area (TPSA) is 62.4 Å². The van der Waals surface area contributed by atoms with E-state index in [1.54, 1.807) is 0 Å². The fourth-order valence-electron chi connectivity index (χ4n) is 4.05. The van der Waals surface area contributed by atoms with Crippen molar-refractivity contribution < 1.29 is 9.53 Å². The van der Waals surface area contributed by atoms with Crippen molar-refractivity contribution in [2.24, 2.45) is 0 Å². The van der Waals surface area contributed by atoms with Crippen molar-refractivity contribution in [1.29, 1.82) is 0 Å². The third-order valence-electron chi connectivity index (χ3n) is 5.26. The van der Waals surface area contributed by atoms with E-state index in [4.69, 9.17) is 4.74 Å². The molecule has 0 bridgehead atoms. The van der Waals surface area contributed by atoms with Crippen LogP contribution in [0.3, 0.4) is 0 Å². The van der Waals surface area contributed by atoms with Gasteiger partial charge in [-0.3, -0.25) is 4.79 Å². The summed E-state index contributed by atoms with van der Waals surface area (Å²) < 4.78 is 5.13. The van der Waals surface area contributed by atoms with Gasteiger partial charge in [0.25, 0.3) is 5.56 Å². The lowest BCUT2D eigenvalue weighted by Crippen LogP contribution is -2.31. The molecule has 2 aromatic carbocycles. The minimum absolute atomic E-state index is 0.174. The number of esters is 1. The molecule has 1 aliphatic rings. The maximum absolute atomic E-state index is 12.8. The van der Waals surface area contributed by atoms with Crippen LogP contribution in [-0.2, 0) is 4.74 Å². The smallest absolute Gasteiger partial charge is 0.340 e. The minimum Gasteiger partial charge on any atom is -0.465 e. The van der Waals surface area contributed by atoms with Crippen LogP contribution in [0.4, 0.5) is 5.69 Å². The molecule has 5 nitrogen and oxygen atoms in total. The monoisotopic (exact) mass is 350 g/mol. The van der Waals surface area contributed by atoms with E-state index < -0.39 is 5.97 Å². The van der Waals surface area contributed by atoms with Crippen LogP contribution in [0.25, 0.3) is 21.7 Å². The molecule has 26 heavy (non-hydrogen) atoms. The molecule has 5 heteroatoms. The molecule has 1 fully saturated rings. The molecule has 0 spiro atoms. The van der Waals surface area contributed by atoms with Crippen LogP contribution >= 0.6 is 0 Å². The number of anilines is 1. The van der Waals surface area contributed by atoms with Gasteiger partial charge >= 0.3 is 5.97 Å². The zero-order valence-electron chi connectivity index (χ0n) is 15.1. The molecule has 3 aromatic rings. The number of hydrogen-bond donors (Lipinski definition) is 1. The first-order chi connectivity index (χ1) is 12.6. The molecule has 1 aromatic heterocycles. The zero-order chi connectivity index (χ0) is 18.3. The molecule has 2 heterocycles. The second-order valence-corrected chi connectivity index (χ2v) is 6.88. The highest BCUT2D eigenvalue weighted by molar-refractivity contribution is 6.19. The lowest BCUT2D eigenvalue weighted by molar-refractivity contribution is 0.0603. The molecule has 0 saturated carbocycles. The largest absolute Gasteiger partial charge is 0.465 e. The predicted octanol–water partition coefficient (Wildman–Crippen LogP) is 3.77. The van der Waals surface area contributed by atoms with Gasteiger partial charge in [0.2, 0.25) is 0 Å². The number of aromatic amines is 1. The Bertz CT molecular complexity index is 1060. The van der Waals surface area contributed by atoms with E-state index in [-0.39, 0.29) is 5.56 Å². The lowest BCUT2D eigenvalue weighted by atomic mass is 9.94. The van der Waals surface area contributed by atoms with Crippen LogP contribution in [0.5, 0.6) is 0 Å². The first-order valence-electron chi connectivity index (χ1n) is 9.03. The summed E-state index contributed by atoms with van der Waals surface area (Å²) in [5, 5.41) is 2.12. The number of rotatable bonds is 2. The van der Waals surface area contributed by atoms with Crippen LogP contribution < -0.4 is 10.5 Å². The average molecular weight is 350 g/mol. The van der Waals surface area contributed by atoms with Crippen molar-refractivity contribution in [2.75, 3.05) is 25.1 Å². The van der Waals surface area contributed by atoms with Gasteiger partial charge in [0.1, 0.15) is 0 Å². The standard InChI is InChI=1S/C21H22N2O3/c1-13-12-16(23-10-6-3-7-11-23)19(21(25)26-2)18-14-8-4-5-9-15(14)22-20(24)17(13)18/h4-5,8-9,12H,3,6-7,10-11H2,1-2H3,(H,22,24). The Kier molecular flexibility index (Phi) is 4.15. The molecule has 0 radical (unpaired) electrons. The number of para-hydroxylation sites is 1. The van der Waals surface area contributed by atoms with E-state index >= 15 is 0 Å². The fourth-order valence-corrected chi connectivity index (χ4v) is 4.05. The molecule has 0 atom stereocenters. The number of piperidine rings is 1. The number of hydrogen-bond acceptors (Lipinski definition) is 4. The molecule has 1 aliphatic heterocycles. The third-order valence-corrected chi connectivity index (χ3v) is 5.26. The predicted molar refractivity (Wildman–Crippen MR) is 104 cm³/mol. The van der Waals surface area contributed by atoms with Crippen molar-refractivity contribution in [2.45, 2.75) is 26.2 Å².